The first kappa shape index (κ1) is 13.5. The van der Waals surface area contributed by atoms with Crippen LogP contribution in [0.2, 0.25) is 0 Å². The van der Waals surface area contributed by atoms with E-state index < -0.39 is 4.92 Å². The van der Waals surface area contributed by atoms with Crippen LogP contribution in [-0.2, 0) is 0 Å². The van der Waals surface area contributed by atoms with Crippen molar-refractivity contribution >= 4 is 17.7 Å². The van der Waals surface area contributed by atoms with Crippen LogP contribution < -0.4 is 4.90 Å². The van der Waals surface area contributed by atoms with Crippen molar-refractivity contribution < 1.29 is 14.8 Å². The Balaban J connectivity index is 2.36. The number of aliphatic hydroxyl groups excluding tert-OH is 1. The monoisotopic (exact) mass is 264 g/mol. The molecule has 0 aromatic heterocycles. The van der Waals surface area contributed by atoms with Gasteiger partial charge in [-0.25, -0.2) is 0 Å². The molecular formula is C13H16N2O4. The molecule has 1 fully saturated rings. The number of nitro groups is 1. The molecule has 1 N–H and O–H groups in total. The molecule has 1 heterocycles. The molecule has 1 saturated heterocycles. The third-order valence-corrected chi connectivity index (χ3v) is 3.74. The van der Waals surface area contributed by atoms with Crippen molar-refractivity contribution in [3.05, 3.63) is 33.9 Å². The maximum atomic E-state index is 10.9. The Morgan fingerprint density at radius 1 is 1.58 bits per heavy atom. The Labute approximate surface area is 110 Å². The van der Waals surface area contributed by atoms with Crippen LogP contribution in [0.3, 0.4) is 0 Å². The molecule has 2 unspecified atom stereocenters. The maximum absolute atomic E-state index is 10.9. The number of carbonyl (C=O) groups is 1. The molecule has 102 valence electrons. The molecule has 1 aromatic rings. The lowest BCUT2D eigenvalue weighted by Gasteiger charge is -2.27. The maximum Gasteiger partial charge on any atom is 0.280 e. The SMILES string of the molecule is CC1CCN(c2ccc([N+](=O)[O-])c(C=O)c2)C1CO. The quantitative estimate of drug-likeness (QED) is 0.507. The number of nitro benzene ring substituents is 1. The Morgan fingerprint density at radius 3 is 2.89 bits per heavy atom. The van der Waals surface area contributed by atoms with Gasteiger partial charge in [0, 0.05) is 18.3 Å². The minimum Gasteiger partial charge on any atom is -0.394 e. The van der Waals surface area contributed by atoms with Gasteiger partial charge >= 0.3 is 0 Å². The van der Waals surface area contributed by atoms with Gasteiger partial charge in [0.1, 0.15) is 0 Å². The van der Waals surface area contributed by atoms with Crippen LogP contribution in [0.4, 0.5) is 11.4 Å². The predicted molar refractivity (Wildman–Crippen MR) is 70.5 cm³/mol. The topological polar surface area (TPSA) is 83.7 Å². The minimum absolute atomic E-state index is 0.000887. The fraction of sp³-hybridized carbons (Fsp3) is 0.462. The Morgan fingerprint density at radius 2 is 2.32 bits per heavy atom. The van der Waals surface area contributed by atoms with Gasteiger partial charge in [-0.2, -0.15) is 0 Å². The fourth-order valence-electron chi connectivity index (χ4n) is 2.59. The molecule has 0 spiro atoms. The molecule has 0 amide bonds. The number of benzene rings is 1. The second kappa shape index (κ2) is 5.36. The van der Waals surface area contributed by atoms with Gasteiger partial charge in [-0.05, 0) is 24.5 Å². The Hall–Kier alpha value is -1.95. The highest BCUT2D eigenvalue weighted by molar-refractivity contribution is 5.83. The number of anilines is 1. The number of aliphatic hydroxyl groups is 1. The van der Waals surface area contributed by atoms with Crippen molar-refractivity contribution in [3.63, 3.8) is 0 Å². The van der Waals surface area contributed by atoms with E-state index in [1.165, 1.54) is 12.1 Å². The Kier molecular flexibility index (Phi) is 3.80. The molecule has 0 aliphatic carbocycles. The molecular weight excluding hydrogens is 248 g/mol. The average molecular weight is 264 g/mol. The van der Waals surface area contributed by atoms with E-state index in [1.54, 1.807) is 6.07 Å². The first-order chi connectivity index (χ1) is 9.08. The van der Waals surface area contributed by atoms with Crippen LogP contribution in [0.1, 0.15) is 23.7 Å². The van der Waals surface area contributed by atoms with Crippen LogP contribution in [0.5, 0.6) is 0 Å². The largest absolute Gasteiger partial charge is 0.394 e. The van der Waals surface area contributed by atoms with Crippen molar-refractivity contribution in [2.75, 3.05) is 18.1 Å². The highest BCUT2D eigenvalue weighted by atomic mass is 16.6. The first-order valence-electron chi connectivity index (χ1n) is 6.19. The highest BCUT2D eigenvalue weighted by Crippen LogP contribution is 2.31. The number of rotatable bonds is 4. The number of hydrogen-bond acceptors (Lipinski definition) is 5. The van der Waals surface area contributed by atoms with Gasteiger partial charge in [0.25, 0.3) is 5.69 Å². The highest BCUT2D eigenvalue weighted by Gasteiger charge is 2.31. The molecule has 6 heteroatoms. The summed E-state index contributed by atoms with van der Waals surface area (Å²) in [5, 5.41) is 20.2. The zero-order valence-electron chi connectivity index (χ0n) is 10.7. The second-order valence-corrected chi connectivity index (χ2v) is 4.83. The van der Waals surface area contributed by atoms with Crippen LogP contribution in [-0.4, -0.2) is 35.5 Å². The molecule has 6 nitrogen and oxygen atoms in total. The zero-order chi connectivity index (χ0) is 14.0. The summed E-state index contributed by atoms with van der Waals surface area (Å²) in [6.45, 7) is 2.88. The smallest absolute Gasteiger partial charge is 0.280 e. The molecule has 2 rings (SSSR count). The Bertz CT molecular complexity index is 503. The van der Waals surface area contributed by atoms with E-state index in [2.05, 4.69) is 6.92 Å². The van der Waals surface area contributed by atoms with Gasteiger partial charge in [0.05, 0.1) is 23.1 Å². The van der Waals surface area contributed by atoms with Gasteiger partial charge in [0.2, 0.25) is 0 Å². The summed E-state index contributed by atoms with van der Waals surface area (Å²) >= 11 is 0. The van der Waals surface area contributed by atoms with E-state index in [0.29, 0.717) is 12.2 Å². The van der Waals surface area contributed by atoms with Crippen molar-refractivity contribution in [1.29, 1.82) is 0 Å². The summed E-state index contributed by atoms with van der Waals surface area (Å²) in [6.07, 6.45) is 1.45. The summed E-state index contributed by atoms with van der Waals surface area (Å²) in [5.74, 6) is 0.361. The molecule has 0 radical (unpaired) electrons. The lowest BCUT2D eigenvalue weighted by atomic mass is 10.0. The number of hydrogen-bond donors (Lipinski definition) is 1. The summed E-state index contributed by atoms with van der Waals surface area (Å²) in [7, 11) is 0. The van der Waals surface area contributed by atoms with E-state index in [-0.39, 0.29) is 23.9 Å². The van der Waals surface area contributed by atoms with Gasteiger partial charge in [0.15, 0.2) is 6.29 Å². The average Bonchev–Trinajstić information content (AvgIpc) is 2.78. The molecule has 1 aromatic carbocycles. The van der Waals surface area contributed by atoms with Crippen molar-refractivity contribution in [3.8, 4) is 0 Å². The van der Waals surface area contributed by atoms with Gasteiger partial charge in [-0.15, -0.1) is 0 Å². The van der Waals surface area contributed by atoms with Gasteiger partial charge in [-0.3, -0.25) is 14.9 Å². The predicted octanol–water partition coefficient (Wildman–Crippen LogP) is 1.61. The third kappa shape index (κ3) is 2.44. The molecule has 1 aliphatic rings. The lowest BCUT2D eigenvalue weighted by molar-refractivity contribution is -0.385. The number of nitrogens with zero attached hydrogens (tertiary/aromatic N) is 2. The fourth-order valence-corrected chi connectivity index (χ4v) is 2.59. The van der Waals surface area contributed by atoms with Crippen LogP contribution in [0, 0.1) is 16.0 Å². The van der Waals surface area contributed by atoms with Crippen LogP contribution in [0.25, 0.3) is 0 Å². The van der Waals surface area contributed by atoms with E-state index in [4.69, 9.17) is 0 Å². The number of carbonyl (C=O) groups excluding carboxylic acids is 1. The van der Waals surface area contributed by atoms with Crippen LogP contribution >= 0.6 is 0 Å². The van der Waals surface area contributed by atoms with Crippen molar-refractivity contribution in [2.45, 2.75) is 19.4 Å². The zero-order valence-corrected chi connectivity index (χ0v) is 10.7. The molecule has 0 saturated carbocycles. The molecule has 19 heavy (non-hydrogen) atoms. The van der Waals surface area contributed by atoms with E-state index >= 15 is 0 Å². The lowest BCUT2D eigenvalue weighted by Crippen LogP contribution is -2.35. The van der Waals surface area contributed by atoms with E-state index in [9.17, 15) is 20.0 Å². The van der Waals surface area contributed by atoms with Gasteiger partial charge < -0.3 is 10.0 Å². The van der Waals surface area contributed by atoms with E-state index in [1.807, 2.05) is 4.90 Å². The van der Waals surface area contributed by atoms with Crippen molar-refractivity contribution in [2.24, 2.45) is 5.92 Å². The second-order valence-electron chi connectivity index (χ2n) is 4.83. The molecule has 2 atom stereocenters. The first-order valence-corrected chi connectivity index (χ1v) is 6.19. The molecule has 1 aliphatic heterocycles. The van der Waals surface area contributed by atoms with E-state index in [0.717, 1.165) is 18.7 Å². The minimum atomic E-state index is -0.566. The standard InChI is InChI=1S/C13H16N2O4/c1-9-4-5-14(13(9)8-17)11-2-3-12(15(18)19)10(6-11)7-16/h2-3,6-7,9,13,17H,4-5,8H2,1H3. The van der Waals surface area contributed by atoms with Crippen LogP contribution in [0.15, 0.2) is 18.2 Å². The van der Waals surface area contributed by atoms with Crippen molar-refractivity contribution in [1.82, 2.24) is 0 Å². The summed E-state index contributed by atoms with van der Waals surface area (Å²) < 4.78 is 0. The summed E-state index contributed by atoms with van der Waals surface area (Å²) in [6, 6.07) is 4.50. The normalized spacial score (nSPS) is 22.5. The molecule has 0 bridgehead atoms. The number of aldehydes is 1. The third-order valence-electron chi connectivity index (χ3n) is 3.74. The van der Waals surface area contributed by atoms with Gasteiger partial charge in [-0.1, -0.05) is 6.92 Å². The summed E-state index contributed by atoms with van der Waals surface area (Å²) in [5.41, 5.74) is 0.626. The summed E-state index contributed by atoms with van der Waals surface area (Å²) in [4.78, 5) is 23.2.